The lowest BCUT2D eigenvalue weighted by Crippen LogP contribution is -2.65. The summed E-state index contributed by atoms with van der Waals surface area (Å²) in [5.74, 6) is 1.08. The quantitative estimate of drug-likeness (QED) is 0.644. The van der Waals surface area contributed by atoms with Gasteiger partial charge in [0.05, 0.1) is 6.10 Å². The molecule has 0 bridgehead atoms. The van der Waals surface area contributed by atoms with Crippen LogP contribution in [0.2, 0.25) is 0 Å². The van der Waals surface area contributed by atoms with E-state index in [1.54, 1.807) is 0 Å². The molecule has 0 aromatic rings. The number of hydrogen-bond acceptors (Lipinski definition) is 4. The van der Waals surface area contributed by atoms with E-state index in [1.807, 2.05) is 0 Å². The van der Waals surface area contributed by atoms with E-state index in [0.717, 1.165) is 56.1 Å². The fourth-order valence-electron chi connectivity index (χ4n) is 9.55. The van der Waals surface area contributed by atoms with Gasteiger partial charge in [0.1, 0.15) is 6.61 Å². The SMILES string of the molecule is C[C@@]1(CO)CCC[C@]2(C)[C@H]3C[C@@H](O)[C@]4(C)C5=C(CC[C@H]4[C@]3(C)CC[C@@H]12)COC5=O. The van der Waals surface area contributed by atoms with E-state index in [9.17, 15) is 15.0 Å². The summed E-state index contributed by atoms with van der Waals surface area (Å²) in [7, 11) is 0. The fourth-order valence-corrected chi connectivity index (χ4v) is 9.55. The molecule has 0 radical (unpaired) electrons. The highest BCUT2D eigenvalue weighted by atomic mass is 16.5. The molecule has 1 heterocycles. The zero-order valence-corrected chi connectivity index (χ0v) is 18.6. The molecule has 0 amide bonds. The van der Waals surface area contributed by atoms with Crippen molar-refractivity contribution in [3.8, 4) is 0 Å². The maximum Gasteiger partial charge on any atom is 0.335 e. The van der Waals surface area contributed by atoms with Gasteiger partial charge in [0.25, 0.3) is 0 Å². The molecule has 0 aromatic heterocycles. The summed E-state index contributed by atoms with van der Waals surface area (Å²) in [5, 5.41) is 21.9. The number of esters is 1. The molecule has 4 heteroatoms. The van der Waals surface area contributed by atoms with Crippen molar-refractivity contribution in [3.63, 3.8) is 0 Å². The normalized spacial score (nSPS) is 54.2. The second kappa shape index (κ2) is 6.09. The Morgan fingerprint density at radius 3 is 2.45 bits per heavy atom. The number of carbonyl (C=O) groups is 1. The van der Waals surface area contributed by atoms with Gasteiger partial charge in [-0.15, -0.1) is 0 Å². The van der Waals surface area contributed by atoms with Crippen molar-refractivity contribution in [2.45, 2.75) is 85.2 Å². The minimum Gasteiger partial charge on any atom is -0.458 e. The first kappa shape index (κ1) is 20.1. The van der Waals surface area contributed by atoms with Crippen LogP contribution in [0.15, 0.2) is 11.1 Å². The number of aliphatic hydroxyl groups excluding tert-OH is 2. The van der Waals surface area contributed by atoms with Crippen LogP contribution < -0.4 is 0 Å². The standard InChI is InChI=1S/C25H38O4/c1-22(14-26)9-5-10-23(2)16(22)8-11-24(3)17-7-6-15-13-29-21(28)20(15)25(17,4)19(27)12-18(23)24/h16-19,26-27H,5-14H2,1-4H3/t16-,17-,18+,19+,22-,23-,24-,25+/m0/s1. The van der Waals surface area contributed by atoms with E-state index in [2.05, 4.69) is 27.7 Å². The Hall–Kier alpha value is -0.870. The molecule has 1 aliphatic heterocycles. The highest BCUT2D eigenvalue weighted by Crippen LogP contribution is 2.73. The van der Waals surface area contributed by atoms with Crippen molar-refractivity contribution in [1.82, 2.24) is 0 Å². The molecule has 0 unspecified atom stereocenters. The van der Waals surface area contributed by atoms with E-state index in [0.29, 0.717) is 24.4 Å². The van der Waals surface area contributed by atoms with E-state index in [-0.39, 0.29) is 28.8 Å². The van der Waals surface area contributed by atoms with Crippen molar-refractivity contribution >= 4 is 5.97 Å². The predicted molar refractivity (Wildman–Crippen MR) is 111 cm³/mol. The maximum atomic E-state index is 12.7. The third-order valence-electron chi connectivity index (χ3n) is 10.9. The predicted octanol–water partition coefficient (Wildman–Crippen LogP) is 4.24. The van der Waals surface area contributed by atoms with Crippen molar-refractivity contribution in [2.24, 2.45) is 39.4 Å². The molecule has 0 spiro atoms. The van der Waals surface area contributed by atoms with Crippen LogP contribution in [0.1, 0.15) is 79.1 Å². The number of fused-ring (bicyclic) bond motifs is 6. The van der Waals surface area contributed by atoms with Crippen molar-refractivity contribution in [2.75, 3.05) is 13.2 Å². The Morgan fingerprint density at radius 1 is 1.00 bits per heavy atom. The zero-order chi connectivity index (χ0) is 20.8. The highest BCUT2D eigenvalue weighted by molar-refractivity contribution is 5.93. The van der Waals surface area contributed by atoms with Crippen LogP contribution in [0.3, 0.4) is 0 Å². The summed E-state index contributed by atoms with van der Waals surface area (Å²) in [6.07, 6.45) is 8.01. The van der Waals surface area contributed by atoms with E-state index in [1.165, 1.54) is 6.42 Å². The zero-order valence-electron chi connectivity index (χ0n) is 18.6. The molecular formula is C25H38O4. The third kappa shape index (κ3) is 2.31. The van der Waals surface area contributed by atoms with Crippen LogP contribution >= 0.6 is 0 Å². The summed E-state index contributed by atoms with van der Waals surface area (Å²) in [4.78, 5) is 12.7. The summed E-state index contributed by atoms with van der Waals surface area (Å²) in [6.45, 7) is 10.1. The number of hydrogen-bond donors (Lipinski definition) is 2. The van der Waals surface area contributed by atoms with Gasteiger partial charge in [-0.1, -0.05) is 34.1 Å². The molecule has 29 heavy (non-hydrogen) atoms. The fraction of sp³-hybridized carbons (Fsp3) is 0.880. The highest BCUT2D eigenvalue weighted by Gasteiger charge is 2.68. The van der Waals surface area contributed by atoms with Gasteiger partial charge in [0.2, 0.25) is 0 Å². The Bertz CT molecular complexity index is 773. The van der Waals surface area contributed by atoms with Crippen LogP contribution in [0.4, 0.5) is 0 Å². The maximum absolute atomic E-state index is 12.7. The summed E-state index contributed by atoms with van der Waals surface area (Å²) < 4.78 is 5.43. The Labute approximate surface area is 175 Å². The Balaban J connectivity index is 1.59. The molecule has 4 nitrogen and oxygen atoms in total. The van der Waals surface area contributed by atoms with Crippen LogP contribution in [-0.2, 0) is 9.53 Å². The van der Waals surface area contributed by atoms with Gasteiger partial charge in [-0.3, -0.25) is 0 Å². The van der Waals surface area contributed by atoms with Crippen molar-refractivity contribution in [1.29, 1.82) is 0 Å². The minimum absolute atomic E-state index is 0.00243. The molecule has 3 fully saturated rings. The minimum atomic E-state index is -0.501. The Kier molecular flexibility index (Phi) is 4.22. The molecule has 8 atom stereocenters. The van der Waals surface area contributed by atoms with Gasteiger partial charge in [-0.25, -0.2) is 4.79 Å². The summed E-state index contributed by atoms with van der Waals surface area (Å²) in [6, 6.07) is 0. The molecule has 5 rings (SSSR count). The first-order chi connectivity index (χ1) is 13.6. The molecule has 3 saturated carbocycles. The van der Waals surface area contributed by atoms with Gasteiger partial charge >= 0.3 is 5.97 Å². The molecule has 5 aliphatic rings. The Morgan fingerprint density at radius 2 is 1.72 bits per heavy atom. The van der Waals surface area contributed by atoms with E-state index >= 15 is 0 Å². The van der Waals surface area contributed by atoms with Gasteiger partial charge in [0.15, 0.2) is 0 Å². The lowest BCUT2D eigenvalue weighted by atomic mass is 9.35. The van der Waals surface area contributed by atoms with Crippen LogP contribution in [0.25, 0.3) is 0 Å². The molecule has 2 N–H and O–H groups in total. The number of aliphatic hydroxyl groups is 2. The molecule has 0 aromatic carbocycles. The largest absolute Gasteiger partial charge is 0.458 e. The van der Waals surface area contributed by atoms with Crippen LogP contribution in [0.5, 0.6) is 0 Å². The van der Waals surface area contributed by atoms with Crippen molar-refractivity contribution in [3.05, 3.63) is 11.1 Å². The van der Waals surface area contributed by atoms with Crippen molar-refractivity contribution < 1.29 is 19.7 Å². The van der Waals surface area contributed by atoms with Gasteiger partial charge < -0.3 is 14.9 Å². The number of cyclic esters (lactones) is 1. The summed E-state index contributed by atoms with van der Waals surface area (Å²) >= 11 is 0. The van der Waals surface area contributed by atoms with Crippen LogP contribution in [-0.4, -0.2) is 35.5 Å². The van der Waals surface area contributed by atoms with Gasteiger partial charge in [-0.2, -0.15) is 0 Å². The third-order valence-corrected chi connectivity index (χ3v) is 10.9. The van der Waals surface area contributed by atoms with E-state index in [4.69, 9.17) is 4.74 Å². The lowest BCUT2D eigenvalue weighted by Gasteiger charge is -2.70. The average molecular weight is 403 g/mol. The second-order valence-corrected chi connectivity index (χ2v) is 12.0. The first-order valence-electron chi connectivity index (χ1n) is 11.8. The number of ether oxygens (including phenoxy) is 1. The van der Waals surface area contributed by atoms with Crippen LogP contribution in [0, 0.1) is 39.4 Å². The second-order valence-electron chi connectivity index (χ2n) is 12.0. The molecule has 4 aliphatic carbocycles. The van der Waals surface area contributed by atoms with E-state index < -0.39 is 11.5 Å². The summed E-state index contributed by atoms with van der Waals surface area (Å²) in [5.41, 5.74) is 1.74. The topological polar surface area (TPSA) is 66.8 Å². The molecule has 0 saturated heterocycles. The number of carbonyl (C=O) groups excluding carboxylic acids is 1. The van der Waals surface area contributed by atoms with Gasteiger partial charge in [0, 0.05) is 17.6 Å². The molecule has 162 valence electrons. The molecular weight excluding hydrogens is 364 g/mol. The lowest BCUT2D eigenvalue weighted by molar-refractivity contribution is -0.223. The average Bonchev–Trinajstić information content (AvgIpc) is 3.06. The monoisotopic (exact) mass is 402 g/mol. The first-order valence-corrected chi connectivity index (χ1v) is 11.8. The number of rotatable bonds is 1. The smallest absolute Gasteiger partial charge is 0.335 e. The van der Waals surface area contributed by atoms with Gasteiger partial charge in [-0.05, 0) is 84.5 Å².